The third-order valence-corrected chi connectivity index (χ3v) is 3.93. The van der Waals surface area contributed by atoms with Crippen LogP contribution in [0.2, 0.25) is 0 Å². The van der Waals surface area contributed by atoms with E-state index in [9.17, 15) is 5.11 Å². The predicted octanol–water partition coefficient (Wildman–Crippen LogP) is 1.04. The molecule has 21 heavy (non-hydrogen) atoms. The van der Waals surface area contributed by atoms with Crippen molar-refractivity contribution in [2.75, 3.05) is 13.7 Å². The number of benzene rings is 1. The Balaban J connectivity index is 1.92. The van der Waals surface area contributed by atoms with Crippen molar-refractivity contribution in [3.05, 3.63) is 29.3 Å². The summed E-state index contributed by atoms with van der Waals surface area (Å²) in [6.45, 7) is 1.63. The zero-order chi connectivity index (χ0) is 15.2. The van der Waals surface area contributed by atoms with Crippen LogP contribution in [-0.4, -0.2) is 35.9 Å². The van der Waals surface area contributed by atoms with Crippen molar-refractivity contribution in [3.8, 4) is 5.75 Å². The van der Waals surface area contributed by atoms with Gasteiger partial charge in [-0.1, -0.05) is 11.2 Å². The van der Waals surface area contributed by atoms with Gasteiger partial charge in [0, 0.05) is 6.54 Å². The summed E-state index contributed by atoms with van der Waals surface area (Å²) >= 11 is 0. The number of hydrogen-bond acceptors (Lipinski definition) is 5. The fourth-order valence-corrected chi connectivity index (χ4v) is 2.77. The topological polar surface area (TPSA) is 100 Å². The Morgan fingerprint density at radius 1 is 1.48 bits per heavy atom. The molecule has 1 aromatic carbocycles. The number of nitrogens with zero attached hydrogens (tertiary/aromatic N) is 1. The van der Waals surface area contributed by atoms with Crippen LogP contribution >= 0.6 is 0 Å². The Morgan fingerprint density at radius 3 is 2.90 bits per heavy atom. The van der Waals surface area contributed by atoms with Gasteiger partial charge in [-0.25, -0.2) is 0 Å². The largest absolute Gasteiger partial charge is 0.496 e. The fourth-order valence-electron chi connectivity index (χ4n) is 2.77. The van der Waals surface area contributed by atoms with Crippen LogP contribution in [-0.2, 0) is 6.54 Å². The molecule has 116 valence electrons. The first-order valence-electron chi connectivity index (χ1n) is 7.17. The van der Waals surface area contributed by atoms with Gasteiger partial charge >= 0.3 is 0 Å². The van der Waals surface area contributed by atoms with Gasteiger partial charge in [-0.2, -0.15) is 0 Å². The number of nitrogens with one attached hydrogen (secondary N) is 1. The molecule has 6 nitrogen and oxygen atoms in total. The Hall–Kier alpha value is -1.79. The van der Waals surface area contributed by atoms with E-state index in [0.29, 0.717) is 17.2 Å². The van der Waals surface area contributed by atoms with E-state index in [1.165, 1.54) is 0 Å². The van der Waals surface area contributed by atoms with E-state index >= 15 is 0 Å². The fraction of sp³-hybridized carbons (Fsp3) is 0.533. The van der Waals surface area contributed by atoms with Crippen LogP contribution in [0.25, 0.3) is 0 Å². The minimum Gasteiger partial charge on any atom is -0.496 e. The first-order chi connectivity index (χ1) is 10.1. The van der Waals surface area contributed by atoms with Crippen LogP contribution in [0.4, 0.5) is 0 Å². The average Bonchev–Trinajstić information content (AvgIpc) is 2.91. The number of methoxy groups -OCH3 is 1. The molecule has 6 heteroatoms. The normalized spacial score (nSPS) is 22.5. The lowest BCUT2D eigenvalue weighted by molar-refractivity contribution is 0.177. The highest BCUT2D eigenvalue weighted by molar-refractivity contribution is 5.99. The van der Waals surface area contributed by atoms with Gasteiger partial charge in [0.1, 0.15) is 5.75 Å². The first-order valence-corrected chi connectivity index (χ1v) is 7.17. The molecule has 0 radical (unpaired) electrons. The number of oxime groups is 1. The van der Waals surface area contributed by atoms with Crippen molar-refractivity contribution < 1.29 is 15.1 Å². The van der Waals surface area contributed by atoms with Gasteiger partial charge in [-0.3, -0.25) is 0 Å². The number of aliphatic hydroxyl groups is 1. The van der Waals surface area contributed by atoms with Crippen molar-refractivity contribution in [1.29, 1.82) is 0 Å². The molecular weight excluding hydrogens is 270 g/mol. The highest BCUT2D eigenvalue weighted by Gasteiger charge is 2.22. The summed E-state index contributed by atoms with van der Waals surface area (Å²) in [7, 11) is 1.56. The van der Waals surface area contributed by atoms with Gasteiger partial charge in [0.25, 0.3) is 0 Å². The van der Waals surface area contributed by atoms with Crippen LogP contribution in [0, 0.1) is 5.92 Å². The maximum Gasteiger partial charge on any atom is 0.173 e. The summed E-state index contributed by atoms with van der Waals surface area (Å²) in [6, 6.07) is 5.58. The minimum absolute atomic E-state index is 0.0336. The molecule has 2 atom stereocenters. The van der Waals surface area contributed by atoms with Crippen LogP contribution in [0.5, 0.6) is 5.75 Å². The van der Waals surface area contributed by atoms with E-state index in [1.807, 2.05) is 12.1 Å². The molecule has 0 heterocycles. The lowest BCUT2D eigenvalue weighted by atomic mass is 10.1. The molecule has 1 aliphatic rings. The zero-order valence-corrected chi connectivity index (χ0v) is 12.2. The van der Waals surface area contributed by atoms with E-state index in [1.54, 1.807) is 13.2 Å². The number of ether oxygens (including phenoxy) is 1. The molecule has 0 aliphatic heterocycles. The summed E-state index contributed by atoms with van der Waals surface area (Å²) < 4.78 is 5.27. The third kappa shape index (κ3) is 4.09. The number of nitrogens with two attached hydrogens (primary N) is 1. The standard InChI is InChI=1S/C15H23N3O3/c1-21-14-7-11(3-5-13(14)15(16)18-20)9-17-8-10-2-4-12(19)6-10/h3,5,7,10,12,17,19-20H,2,4,6,8-9H2,1H3,(H2,16,18). The maximum absolute atomic E-state index is 9.50. The second kappa shape index (κ2) is 7.28. The molecule has 0 amide bonds. The lowest BCUT2D eigenvalue weighted by Crippen LogP contribution is -2.21. The van der Waals surface area contributed by atoms with Gasteiger partial charge < -0.3 is 26.1 Å². The van der Waals surface area contributed by atoms with Crippen LogP contribution < -0.4 is 15.8 Å². The Labute approximate surface area is 124 Å². The molecule has 0 saturated heterocycles. The monoisotopic (exact) mass is 293 g/mol. The van der Waals surface area contributed by atoms with Crippen molar-refractivity contribution in [3.63, 3.8) is 0 Å². The molecule has 1 saturated carbocycles. The molecule has 0 bridgehead atoms. The van der Waals surface area contributed by atoms with Crippen molar-refractivity contribution >= 4 is 5.84 Å². The second-order valence-corrected chi connectivity index (χ2v) is 5.48. The number of rotatable bonds is 6. The first kappa shape index (κ1) is 15.6. The third-order valence-electron chi connectivity index (χ3n) is 3.93. The molecule has 2 rings (SSSR count). The van der Waals surface area contributed by atoms with Gasteiger partial charge in [0.15, 0.2) is 5.84 Å². The summed E-state index contributed by atoms with van der Waals surface area (Å²) in [5.41, 5.74) is 7.24. The molecule has 2 unspecified atom stereocenters. The molecular formula is C15H23N3O3. The van der Waals surface area contributed by atoms with Crippen LogP contribution in [0.1, 0.15) is 30.4 Å². The minimum atomic E-state index is -0.128. The van der Waals surface area contributed by atoms with E-state index < -0.39 is 0 Å². The molecule has 0 aromatic heterocycles. The van der Waals surface area contributed by atoms with Crippen LogP contribution in [0.3, 0.4) is 0 Å². The smallest absolute Gasteiger partial charge is 0.173 e. The van der Waals surface area contributed by atoms with Crippen LogP contribution in [0.15, 0.2) is 23.4 Å². The predicted molar refractivity (Wildman–Crippen MR) is 80.6 cm³/mol. The quantitative estimate of drug-likeness (QED) is 0.272. The molecule has 1 aromatic rings. The summed E-state index contributed by atoms with van der Waals surface area (Å²) in [5, 5.41) is 24.6. The van der Waals surface area contributed by atoms with Gasteiger partial charge in [-0.15, -0.1) is 0 Å². The highest BCUT2D eigenvalue weighted by Crippen LogP contribution is 2.25. The average molecular weight is 293 g/mol. The van der Waals surface area contributed by atoms with Crippen molar-refractivity contribution in [2.45, 2.75) is 31.9 Å². The van der Waals surface area contributed by atoms with Gasteiger partial charge in [-0.05, 0) is 49.4 Å². The molecule has 0 spiro atoms. The highest BCUT2D eigenvalue weighted by atomic mass is 16.5. The lowest BCUT2D eigenvalue weighted by Gasteiger charge is -2.13. The molecule has 5 N–H and O–H groups in total. The number of aliphatic hydroxyl groups excluding tert-OH is 1. The Kier molecular flexibility index (Phi) is 5.41. The molecule has 1 fully saturated rings. The Bertz CT molecular complexity index is 505. The Morgan fingerprint density at radius 2 is 2.29 bits per heavy atom. The zero-order valence-electron chi connectivity index (χ0n) is 12.2. The van der Waals surface area contributed by atoms with Crippen molar-refractivity contribution in [1.82, 2.24) is 5.32 Å². The summed E-state index contributed by atoms with van der Waals surface area (Å²) in [5.74, 6) is 1.17. The van der Waals surface area contributed by atoms with E-state index in [-0.39, 0.29) is 11.9 Å². The van der Waals surface area contributed by atoms with Crippen molar-refractivity contribution in [2.24, 2.45) is 16.8 Å². The second-order valence-electron chi connectivity index (χ2n) is 5.48. The summed E-state index contributed by atoms with van der Waals surface area (Å²) in [6.07, 6.45) is 2.75. The number of hydrogen-bond donors (Lipinski definition) is 4. The van der Waals surface area contributed by atoms with Gasteiger partial charge in [0.05, 0.1) is 18.8 Å². The summed E-state index contributed by atoms with van der Waals surface area (Å²) in [4.78, 5) is 0. The van der Waals surface area contributed by atoms with Gasteiger partial charge in [0.2, 0.25) is 0 Å². The molecule has 1 aliphatic carbocycles. The maximum atomic E-state index is 9.50. The van der Waals surface area contributed by atoms with E-state index in [0.717, 1.165) is 37.9 Å². The van der Waals surface area contributed by atoms with E-state index in [2.05, 4.69) is 10.5 Å². The number of amidine groups is 1. The van der Waals surface area contributed by atoms with E-state index in [4.69, 9.17) is 15.7 Å². The SMILES string of the molecule is COc1cc(CNCC2CCC(O)C2)ccc1/C(N)=N/O.